The molecule has 118 valence electrons. The van der Waals surface area contributed by atoms with Crippen LogP contribution in [0.2, 0.25) is 0 Å². The number of rotatable bonds is 6. The van der Waals surface area contributed by atoms with Gasteiger partial charge in [0.1, 0.15) is 0 Å². The second-order valence-corrected chi connectivity index (χ2v) is 8.30. The van der Waals surface area contributed by atoms with E-state index < -0.39 is 9.84 Å². The molecule has 0 fully saturated rings. The minimum atomic E-state index is -3.40. The maximum Gasteiger partial charge on any atom is 0.221 e. The fourth-order valence-electron chi connectivity index (χ4n) is 1.86. The highest BCUT2D eigenvalue weighted by atomic mass is 32.2. The third-order valence-corrected chi connectivity index (χ3v) is 4.98. The smallest absolute Gasteiger partial charge is 0.221 e. The highest BCUT2D eigenvalue weighted by molar-refractivity contribution is 7.91. The molecule has 0 atom stereocenters. The lowest BCUT2D eigenvalue weighted by Gasteiger charge is -2.19. The zero-order valence-electron chi connectivity index (χ0n) is 13.3. The Morgan fingerprint density at radius 3 is 2.19 bits per heavy atom. The standard InChI is InChI=1S/C16H25NO3S/c1-5-11-17-15(18)10-12-21(19,20)14-8-6-13(7-9-14)16(2,3)4/h6-9H,5,10-12H2,1-4H3,(H,17,18). The summed E-state index contributed by atoms with van der Waals surface area (Å²) in [7, 11) is -3.40. The molecule has 1 N–H and O–H groups in total. The second-order valence-electron chi connectivity index (χ2n) is 6.19. The Balaban J connectivity index is 2.73. The molecule has 4 nitrogen and oxygen atoms in total. The van der Waals surface area contributed by atoms with Crippen molar-refractivity contribution in [3.63, 3.8) is 0 Å². The Hall–Kier alpha value is -1.36. The van der Waals surface area contributed by atoms with Crippen LogP contribution in [0.4, 0.5) is 0 Å². The molecular formula is C16H25NO3S. The summed E-state index contributed by atoms with van der Waals surface area (Å²) in [6, 6.07) is 6.92. The third kappa shape index (κ3) is 5.50. The van der Waals surface area contributed by atoms with E-state index in [1.165, 1.54) is 0 Å². The van der Waals surface area contributed by atoms with Gasteiger partial charge in [-0.1, -0.05) is 39.8 Å². The van der Waals surface area contributed by atoms with Gasteiger partial charge >= 0.3 is 0 Å². The van der Waals surface area contributed by atoms with Crippen molar-refractivity contribution in [2.45, 2.75) is 50.8 Å². The maximum absolute atomic E-state index is 12.2. The van der Waals surface area contributed by atoms with Crippen molar-refractivity contribution in [1.29, 1.82) is 0 Å². The Morgan fingerprint density at radius 1 is 1.14 bits per heavy atom. The summed E-state index contributed by atoms with van der Waals surface area (Å²) < 4.78 is 24.4. The predicted molar refractivity (Wildman–Crippen MR) is 85.1 cm³/mol. The number of carbonyl (C=O) groups is 1. The van der Waals surface area contributed by atoms with Gasteiger partial charge in [0.25, 0.3) is 0 Å². The Bertz CT molecular complexity index is 569. The van der Waals surface area contributed by atoms with E-state index in [0.717, 1.165) is 12.0 Å². The van der Waals surface area contributed by atoms with Crippen LogP contribution in [0.5, 0.6) is 0 Å². The zero-order chi connectivity index (χ0) is 16.1. The number of carbonyl (C=O) groups excluding carboxylic acids is 1. The van der Waals surface area contributed by atoms with Gasteiger partial charge in [0.05, 0.1) is 10.6 Å². The summed E-state index contributed by atoms with van der Waals surface area (Å²) >= 11 is 0. The van der Waals surface area contributed by atoms with E-state index >= 15 is 0 Å². The number of hydrogen-bond acceptors (Lipinski definition) is 3. The molecule has 0 aliphatic heterocycles. The normalized spacial score (nSPS) is 12.2. The van der Waals surface area contributed by atoms with Crippen LogP contribution in [0.1, 0.15) is 46.1 Å². The van der Waals surface area contributed by atoms with E-state index in [9.17, 15) is 13.2 Å². The first-order chi connectivity index (χ1) is 9.66. The fourth-order valence-corrected chi connectivity index (χ4v) is 3.10. The number of amides is 1. The molecule has 0 spiro atoms. The maximum atomic E-state index is 12.2. The van der Waals surface area contributed by atoms with Crippen LogP contribution in [0.3, 0.4) is 0 Å². The first-order valence-corrected chi connectivity index (χ1v) is 8.92. The van der Waals surface area contributed by atoms with Gasteiger partial charge in [0.2, 0.25) is 5.91 Å². The van der Waals surface area contributed by atoms with Gasteiger partial charge in [0, 0.05) is 13.0 Å². The molecule has 1 amide bonds. The lowest BCUT2D eigenvalue weighted by Crippen LogP contribution is -2.26. The van der Waals surface area contributed by atoms with Gasteiger partial charge in [-0.2, -0.15) is 0 Å². The molecule has 0 aliphatic rings. The van der Waals surface area contributed by atoms with Crippen molar-refractivity contribution in [1.82, 2.24) is 5.32 Å². The topological polar surface area (TPSA) is 63.2 Å². The summed E-state index contributed by atoms with van der Waals surface area (Å²) in [5.74, 6) is -0.371. The molecule has 21 heavy (non-hydrogen) atoms. The van der Waals surface area contributed by atoms with Crippen LogP contribution in [-0.2, 0) is 20.0 Å². The Labute approximate surface area is 127 Å². The van der Waals surface area contributed by atoms with E-state index in [1.807, 2.05) is 19.1 Å². The molecule has 0 unspecified atom stereocenters. The zero-order valence-corrected chi connectivity index (χ0v) is 14.1. The highest BCUT2D eigenvalue weighted by Gasteiger charge is 2.18. The van der Waals surface area contributed by atoms with Crippen LogP contribution < -0.4 is 5.32 Å². The van der Waals surface area contributed by atoms with Crippen molar-refractivity contribution >= 4 is 15.7 Å². The molecule has 5 heteroatoms. The molecule has 0 heterocycles. The van der Waals surface area contributed by atoms with Gasteiger partial charge in [0.15, 0.2) is 9.84 Å². The number of benzene rings is 1. The molecule has 0 aliphatic carbocycles. The van der Waals surface area contributed by atoms with E-state index in [1.54, 1.807) is 12.1 Å². The highest BCUT2D eigenvalue weighted by Crippen LogP contribution is 2.23. The molecule has 1 aromatic rings. The number of sulfone groups is 1. The van der Waals surface area contributed by atoms with Crippen LogP contribution in [0, 0.1) is 0 Å². The first-order valence-electron chi connectivity index (χ1n) is 7.27. The Morgan fingerprint density at radius 2 is 1.71 bits per heavy atom. The molecule has 0 aromatic heterocycles. The number of hydrogen-bond donors (Lipinski definition) is 1. The first kappa shape index (κ1) is 17.7. The average Bonchev–Trinajstić information content (AvgIpc) is 2.42. The largest absolute Gasteiger partial charge is 0.356 e. The van der Waals surface area contributed by atoms with Crippen molar-refractivity contribution in [2.75, 3.05) is 12.3 Å². The van der Waals surface area contributed by atoms with Crippen LogP contribution in [0.25, 0.3) is 0 Å². The summed E-state index contributed by atoms with van der Waals surface area (Å²) in [6.07, 6.45) is 0.843. The third-order valence-electron chi connectivity index (χ3n) is 3.25. The van der Waals surface area contributed by atoms with Crippen molar-refractivity contribution in [3.8, 4) is 0 Å². The summed E-state index contributed by atoms with van der Waals surface area (Å²) in [4.78, 5) is 11.8. The molecule has 1 rings (SSSR count). The van der Waals surface area contributed by atoms with Gasteiger partial charge in [-0.05, 0) is 29.5 Å². The van der Waals surface area contributed by atoms with Gasteiger partial charge in [-0.15, -0.1) is 0 Å². The van der Waals surface area contributed by atoms with Crippen molar-refractivity contribution in [2.24, 2.45) is 0 Å². The molecule has 1 aromatic carbocycles. The quantitative estimate of drug-likeness (QED) is 0.878. The van der Waals surface area contributed by atoms with Gasteiger partial charge in [-0.3, -0.25) is 4.79 Å². The molecule has 0 radical (unpaired) electrons. The lowest BCUT2D eigenvalue weighted by atomic mass is 9.87. The van der Waals surface area contributed by atoms with Crippen molar-refractivity contribution < 1.29 is 13.2 Å². The van der Waals surface area contributed by atoms with E-state index in [4.69, 9.17) is 0 Å². The van der Waals surface area contributed by atoms with Gasteiger partial charge < -0.3 is 5.32 Å². The molecular weight excluding hydrogens is 286 g/mol. The summed E-state index contributed by atoms with van der Waals surface area (Å²) in [5, 5.41) is 2.68. The predicted octanol–water partition coefficient (Wildman–Crippen LogP) is 2.67. The van der Waals surface area contributed by atoms with E-state index in [0.29, 0.717) is 6.54 Å². The van der Waals surface area contributed by atoms with Crippen LogP contribution >= 0.6 is 0 Å². The minimum absolute atomic E-state index is 0.00333. The minimum Gasteiger partial charge on any atom is -0.356 e. The Kier molecular flexibility index (Phi) is 5.96. The molecule has 0 saturated carbocycles. The molecule has 0 bridgehead atoms. The second kappa shape index (κ2) is 7.07. The van der Waals surface area contributed by atoms with E-state index in [2.05, 4.69) is 26.1 Å². The molecule has 0 saturated heterocycles. The summed E-state index contributed by atoms with van der Waals surface area (Å²) in [6.45, 7) is 8.77. The number of nitrogens with one attached hydrogen (secondary N) is 1. The van der Waals surface area contributed by atoms with Crippen LogP contribution in [-0.4, -0.2) is 26.6 Å². The van der Waals surface area contributed by atoms with E-state index in [-0.39, 0.29) is 28.4 Å². The monoisotopic (exact) mass is 311 g/mol. The van der Waals surface area contributed by atoms with Gasteiger partial charge in [-0.25, -0.2) is 8.42 Å². The SMILES string of the molecule is CCCNC(=O)CCS(=O)(=O)c1ccc(C(C)(C)C)cc1. The van der Waals surface area contributed by atoms with Crippen LogP contribution in [0.15, 0.2) is 29.2 Å². The lowest BCUT2D eigenvalue weighted by molar-refractivity contribution is -0.120. The average molecular weight is 311 g/mol. The fraction of sp³-hybridized carbons (Fsp3) is 0.562. The van der Waals surface area contributed by atoms with Crippen molar-refractivity contribution in [3.05, 3.63) is 29.8 Å². The summed E-state index contributed by atoms with van der Waals surface area (Å²) in [5.41, 5.74) is 1.07.